The lowest BCUT2D eigenvalue weighted by molar-refractivity contribution is 0.650. The minimum absolute atomic E-state index is 0.765. The van der Waals surface area contributed by atoms with E-state index in [4.69, 9.17) is 11.6 Å². The number of rotatable bonds is 1. The summed E-state index contributed by atoms with van der Waals surface area (Å²) in [6.45, 7) is 1.82. The predicted molar refractivity (Wildman–Crippen MR) is 82.2 cm³/mol. The Morgan fingerprint density at radius 2 is 2.21 bits per heavy atom. The first-order valence-corrected chi connectivity index (χ1v) is 7.33. The van der Waals surface area contributed by atoms with E-state index in [-0.39, 0.29) is 0 Å². The van der Waals surface area contributed by atoms with Gasteiger partial charge in [0, 0.05) is 17.1 Å². The Morgan fingerprint density at radius 1 is 1.26 bits per heavy atom. The molecule has 0 N–H and O–H groups in total. The second kappa shape index (κ2) is 4.29. The molecule has 4 heteroatoms. The van der Waals surface area contributed by atoms with Crippen LogP contribution in [0, 0.1) is 5.41 Å². The zero-order chi connectivity index (χ0) is 12.8. The molecule has 0 bridgehead atoms. The van der Waals surface area contributed by atoms with Gasteiger partial charge >= 0.3 is 0 Å². The van der Waals surface area contributed by atoms with Crippen molar-refractivity contribution < 1.29 is 0 Å². The maximum absolute atomic E-state index is 6.14. The fourth-order valence-electron chi connectivity index (χ4n) is 2.52. The molecule has 2 aromatic rings. The molecule has 2 aromatic carbocycles. The molecule has 0 fully saturated rings. The van der Waals surface area contributed by atoms with Crippen LogP contribution in [-0.4, -0.2) is 23.2 Å². The maximum Gasteiger partial charge on any atom is 0.168 e. The fourth-order valence-corrected chi connectivity index (χ4v) is 3.55. The number of thioether (sulfide) groups is 1. The second-order valence-electron chi connectivity index (χ2n) is 4.54. The van der Waals surface area contributed by atoms with Gasteiger partial charge in [0.1, 0.15) is 0 Å². The van der Waals surface area contributed by atoms with Crippen molar-refractivity contribution in [2.24, 2.45) is 4.99 Å². The predicted octanol–water partition coefficient (Wildman–Crippen LogP) is 4.01. The van der Waals surface area contributed by atoms with E-state index < -0.39 is 0 Å². The molecule has 0 atom stereocenters. The Hall–Kier alpha value is -1.45. The van der Waals surface area contributed by atoms with Crippen LogP contribution in [0.3, 0.4) is 0 Å². The standard InChI is InChI=1S/C15H10ClN2S/c16-11-5-4-10-2-1-3-12(13(10)8-11)14-9-19-15-17-6-7-18(14)15/h1-5,8H,6-7H2. The lowest BCUT2D eigenvalue weighted by atomic mass is 10.0. The largest absolute Gasteiger partial charge is 0.317 e. The van der Waals surface area contributed by atoms with Crippen LogP contribution >= 0.6 is 23.4 Å². The van der Waals surface area contributed by atoms with Crippen molar-refractivity contribution >= 4 is 45.0 Å². The average molecular weight is 286 g/mol. The van der Waals surface area contributed by atoms with Crippen LogP contribution in [-0.2, 0) is 0 Å². The Kier molecular flexibility index (Phi) is 2.57. The number of nitrogens with zero attached hydrogens (tertiary/aromatic N) is 2. The maximum atomic E-state index is 6.14. The third kappa shape index (κ3) is 1.77. The van der Waals surface area contributed by atoms with Gasteiger partial charge < -0.3 is 4.90 Å². The summed E-state index contributed by atoms with van der Waals surface area (Å²) < 4.78 is 0. The molecule has 0 unspecified atom stereocenters. The van der Waals surface area contributed by atoms with Crippen molar-refractivity contribution in [1.29, 1.82) is 0 Å². The molecule has 2 aliphatic rings. The van der Waals surface area contributed by atoms with Gasteiger partial charge in [-0.05, 0) is 34.7 Å². The van der Waals surface area contributed by atoms with Crippen molar-refractivity contribution in [2.45, 2.75) is 0 Å². The van der Waals surface area contributed by atoms with Crippen LogP contribution in [0.2, 0.25) is 5.02 Å². The molecule has 2 nitrogen and oxygen atoms in total. The minimum atomic E-state index is 0.765. The highest BCUT2D eigenvalue weighted by Crippen LogP contribution is 2.37. The number of hydrogen-bond acceptors (Lipinski definition) is 3. The van der Waals surface area contributed by atoms with Gasteiger partial charge in [-0.25, -0.2) is 0 Å². The van der Waals surface area contributed by atoms with Crippen molar-refractivity contribution in [3.63, 3.8) is 0 Å². The van der Waals surface area contributed by atoms with E-state index in [1.807, 2.05) is 12.1 Å². The summed E-state index contributed by atoms with van der Waals surface area (Å²) in [5.74, 6) is 0. The quantitative estimate of drug-likeness (QED) is 0.787. The molecule has 1 radical (unpaired) electrons. The summed E-state index contributed by atoms with van der Waals surface area (Å²) >= 11 is 7.72. The normalized spacial score (nSPS) is 17.6. The highest BCUT2D eigenvalue weighted by Gasteiger charge is 2.28. The summed E-state index contributed by atoms with van der Waals surface area (Å²) in [5, 5.41) is 7.57. The molecule has 4 rings (SSSR count). The SMILES string of the molecule is Clc1ccc2cccc(C3=[C]SC4=NCCN34)c2c1. The first-order chi connectivity index (χ1) is 9.33. The van der Waals surface area contributed by atoms with Gasteiger partial charge in [-0.1, -0.05) is 35.9 Å². The Morgan fingerprint density at radius 3 is 3.16 bits per heavy atom. The van der Waals surface area contributed by atoms with E-state index in [9.17, 15) is 0 Å². The molecule has 93 valence electrons. The van der Waals surface area contributed by atoms with Crippen LogP contribution in [0.1, 0.15) is 5.56 Å². The lowest BCUT2D eigenvalue weighted by Crippen LogP contribution is -2.19. The molecule has 2 heterocycles. The van der Waals surface area contributed by atoms with Crippen LogP contribution in [0.5, 0.6) is 0 Å². The summed E-state index contributed by atoms with van der Waals surface area (Å²) in [7, 11) is 0. The number of amidine groups is 1. The van der Waals surface area contributed by atoms with E-state index in [0.717, 1.165) is 29.0 Å². The summed E-state index contributed by atoms with van der Waals surface area (Å²) in [6.07, 6.45) is 0. The van der Waals surface area contributed by atoms with E-state index in [1.54, 1.807) is 11.8 Å². The van der Waals surface area contributed by atoms with Crippen LogP contribution in [0.15, 0.2) is 41.4 Å². The molecule has 0 aromatic heterocycles. The molecule has 0 saturated heterocycles. The van der Waals surface area contributed by atoms with Crippen molar-refractivity contribution in [3.8, 4) is 0 Å². The first kappa shape index (κ1) is 11.4. The monoisotopic (exact) mass is 285 g/mol. The molecule has 2 aliphatic heterocycles. The minimum Gasteiger partial charge on any atom is -0.317 e. The summed E-state index contributed by atoms with van der Waals surface area (Å²) in [6, 6.07) is 12.3. The number of benzene rings is 2. The average Bonchev–Trinajstić information content (AvgIpc) is 3.00. The number of fused-ring (bicyclic) bond motifs is 2. The van der Waals surface area contributed by atoms with Gasteiger partial charge in [0.2, 0.25) is 0 Å². The summed E-state index contributed by atoms with van der Waals surface area (Å²) in [4.78, 5) is 6.70. The molecule has 19 heavy (non-hydrogen) atoms. The molecule has 0 saturated carbocycles. The van der Waals surface area contributed by atoms with Gasteiger partial charge in [0.05, 0.1) is 17.6 Å². The van der Waals surface area contributed by atoms with Gasteiger partial charge in [-0.2, -0.15) is 0 Å². The van der Waals surface area contributed by atoms with Gasteiger partial charge in [-0.3, -0.25) is 4.99 Å². The number of hydrogen-bond donors (Lipinski definition) is 0. The van der Waals surface area contributed by atoms with Gasteiger partial charge in [0.25, 0.3) is 0 Å². The smallest absolute Gasteiger partial charge is 0.168 e. The van der Waals surface area contributed by atoms with Crippen LogP contribution in [0.25, 0.3) is 16.5 Å². The Balaban J connectivity index is 1.92. The number of aliphatic imine (C=N–C) groups is 1. The molecular formula is C15H10ClN2S. The van der Waals surface area contributed by atoms with Gasteiger partial charge in [0.15, 0.2) is 5.17 Å². The van der Waals surface area contributed by atoms with Crippen LogP contribution < -0.4 is 0 Å². The zero-order valence-electron chi connectivity index (χ0n) is 10.1. The second-order valence-corrected chi connectivity index (χ2v) is 5.75. The lowest BCUT2D eigenvalue weighted by Gasteiger charge is -2.18. The molecule has 0 aliphatic carbocycles. The van der Waals surface area contributed by atoms with Crippen LogP contribution in [0.4, 0.5) is 0 Å². The third-order valence-corrected chi connectivity index (χ3v) is 4.47. The van der Waals surface area contributed by atoms with E-state index in [1.165, 1.54) is 16.3 Å². The Labute approximate surface area is 120 Å². The van der Waals surface area contributed by atoms with Crippen molar-refractivity contribution in [2.75, 3.05) is 13.1 Å². The highest BCUT2D eigenvalue weighted by atomic mass is 35.5. The number of halogens is 1. The third-order valence-electron chi connectivity index (χ3n) is 3.41. The molecular weight excluding hydrogens is 276 g/mol. The molecule has 0 amide bonds. The van der Waals surface area contributed by atoms with Crippen molar-refractivity contribution in [1.82, 2.24) is 4.90 Å². The van der Waals surface area contributed by atoms with E-state index >= 15 is 0 Å². The van der Waals surface area contributed by atoms with Crippen molar-refractivity contribution in [3.05, 3.63) is 52.4 Å². The zero-order valence-corrected chi connectivity index (χ0v) is 11.6. The first-order valence-electron chi connectivity index (χ1n) is 6.13. The van der Waals surface area contributed by atoms with E-state index in [0.29, 0.717) is 0 Å². The van der Waals surface area contributed by atoms with E-state index in [2.05, 4.69) is 39.6 Å². The highest BCUT2D eigenvalue weighted by molar-refractivity contribution is 8.15. The topological polar surface area (TPSA) is 15.6 Å². The summed E-state index contributed by atoms with van der Waals surface area (Å²) in [5.41, 5.74) is 2.30. The Bertz CT molecular complexity index is 736. The fraction of sp³-hybridized carbons (Fsp3) is 0.133. The molecule has 0 spiro atoms. The van der Waals surface area contributed by atoms with Gasteiger partial charge in [-0.15, -0.1) is 0 Å².